The van der Waals surface area contributed by atoms with Crippen molar-refractivity contribution in [2.45, 2.75) is 6.92 Å². The number of amides is 1. The number of hydrogen-bond acceptors (Lipinski definition) is 1. The molecule has 4 heteroatoms. The van der Waals surface area contributed by atoms with Crippen LogP contribution in [0.25, 0.3) is 0 Å². The summed E-state index contributed by atoms with van der Waals surface area (Å²) in [5.74, 6) is -0.161. The van der Waals surface area contributed by atoms with Crippen molar-refractivity contribution in [3.63, 3.8) is 0 Å². The van der Waals surface area contributed by atoms with E-state index in [-0.39, 0.29) is 5.91 Å². The van der Waals surface area contributed by atoms with Gasteiger partial charge in [-0.2, -0.15) is 0 Å². The molecule has 0 aliphatic heterocycles. The Labute approximate surface area is 96.1 Å². The van der Waals surface area contributed by atoms with Gasteiger partial charge in [-0.05, 0) is 47.1 Å². The van der Waals surface area contributed by atoms with Crippen LogP contribution in [0.2, 0.25) is 5.02 Å². The summed E-state index contributed by atoms with van der Waals surface area (Å²) in [6, 6.07) is 5.25. The molecule has 1 amide bonds. The molecule has 0 saturated heterocycles. The number of halogens is 2. The van der Waals surface area contributed by atoms with E-state index in [0.717, 1.165) is 4.47 Å². The first-order valence-corrected chi connectivity index (χ1v) is 5.19. The number of carbonyl (C=O) groups excluding carboxylic acids is 1. The summed E-state index contributed by atoms with van der Waals surface area (Å²) in [4.78, 5) is 11.2. The predicted molar refractivity (Wildman–Crippen MR) is 62.6 cm³/mol. The van der Waals surface area contributed by atoms with E-state index in [4.69, 9.17) is 11.6 Å². The molecule has 0 aliphatic carbocycles. The summed E-state index contributed by atoms with van der Waals surface area (Å²) in [6.45, 7) is 1.79. The van der Waals surface area contributed by atoms with Gasteiger partial charge in [0, 0.05) is 10.2 Å². The summed E-state index contributed by atoms with van der Waals surface area (Å²) in [7, 11) is 0. The first kappa shape index (κ1) is 11.3. The van der Waals surface area contributed by atoms with Gasteiger partial charge in [0.15, 0.2) is 0 Å². The molecule has 14 heavy (non-hydrogen) atoms. The molecule has 0 fully saturated rings. The van der Waals surface area contributed by atoms with E-state index < -0.39 is 0 Å². The number of anilines is 1. The second kappa shape index (κ2) is 5.17. The Hall–Kier alpha value is -0.800. The standard InChI is InChI=1S/C10H9BrClNO/c1-2-3-10(14)13-7-4-5-8(11)9(12)6-7/h2-6H,1H3,(H,13,14)/b3-2+. The number of nitrogens with one attached hydrogen (secondary N) is 1. The lowest BCUT2D eigenvalue weighted by Crippen LogP contribution is -2.07. The molecule has 1 aromatic rings. The van der Waals surface area contributed by atoms with Gasteiger partial charge in [0.1, 0.15) is 0 Å². The highest BCUT2D eigenvalue weighted by molar-refractivity contribution is 9.10. The lowest BCUT2D eigenvalue weighted by molar-refractivity contribution is -0.111. The third-order valence-corrected chi connectivity index (χ3v) is 2.74. The second-order valence-electron chi connectivity index (χ2n) is 2.62. The smallest absolute Gasteiger partial charge is 0.248 e. The molecule has 1 rings (SSSR count). The molecule has 2 nitrogen and oxygen atoms in total. The number of allylic oxidation sites excluding steroid dienone is 1. The molecule has 0 radical (unpaired) electrons. The van der Waals surface area contributed by atoms with Gasteiger partial charge < -0.3 is 5.32 Å². The summed E-state index contributed by atoms with van der Waals surface area (Å²) in [6.07, 6.45) is 3.13. The maximum absolute atomic E-state index is 11.2. The first-order chi connectivity index (χ1) is 6.63. The maximum atomic E-state index is 11.2. The van der Waals surface area contributed by atoms with Crippen LogP contribution in [-0.4, -0.2) is 5.91 Å². The lowest BCUT2D eigenvalue weighted by atomic mass is 10.3. The Bertz CT molecular complexity index is 376. The zero-order valence-electron chi connectivity index (χ0n) is 7.55. The molecule has 1 aromatic carbocycles. The fraction of sp³-hybridized carbons (Fsp3) is 0.100. The van der Waals surface area contributed by atoms with Gasteiger partial charge in [0.2, 0.25) is 5.91 Å². The SMILES string of the molecule is C/C=C/C(=O)Nc1ccc(Br)c(Cl)c1. The molecule has 74 valence electrons. The van der Waals surface area contributed by atoms with Crippen LogP contribution in [0.4, 0.5) is 5.69 Å². The van der Waals surface area contributed by atoms with Crippen molar-refractivity contribution >= 4 is 39.1 Å². The van der Waals surface area contributed by atoms with Gasteiger partial charge in [-0.15, -0.1) is 0 Å². The van der Waals surface area contributed by atoms with E-state index in [2.05, 4.69) is 21.2 Å². The van der Waals surface area contributed by atoms with Gasteiger partial charge in [-0.1, -0.05) is 17.7 Å². The summed E-state index contributed by atoms with van der Waals surface area (Å²) < 4.78 is 0.809. The largest absolute Gasteiger partial charge is 0.322 e. The van der Waals surface area contributed by atoms with Crippen LogP contribution in [0.15, 0.2) is 34.8 Å². The van der Waals surface area contributed by atoms with E-state index >= 15 is 0 Å². The predicted octanol–water partition coefficient (Wildman–Crippen LogP) is 3.62. The summed E-state index contributed by atoms with van der Waals surface area (Å²) >= 11 is 9.13. The topological polar surface area (TPSA) is 29.1 Å². The average Bonchev–Trinajstić information content (AvgIpc) is 2.12. The fourth-order valence-corrected chi connectivity index (χ4v) is 1.34. The van der Waals surface area contributed by atoms with Crippen molar-refractivity contribution in [1.82, 2.24) is 0 Å². The van der Waals surface area contributed by atoms with E-state index in [1.165, 1.54) is 6.08 Å². The van der Waals surface area contributed by atoms with Crippen molar-refractivity contribution in [1.29, 1.82) is 0 Å². The quantitative estimate of drug-likeness (QED) is 0.820. The molecule has 0 aromatic heterocycles. The molecule has 0 bridgehead atoms. The van der Waals surface area contributed by atoms with Crippen LogP contribution < -0.4 is 5.32 Å². The van der Waals surface area contributed by atoms with E-state index in [1.54, 1.807) is 31.2 Å². The minimum absolute atomic E-state index is 0.161. The minimum atomic E-state index is -0.161. The van der Waals surface area contributed by atoms with Crippen LogP contribution in [0, 0.1) is 0 Å². The van der Waals surface area contributed by atoms with Crippen molar-refractivity contribution in [3.8, 4) is 0 Å². The van der Waals surface area contributed by atoms with E-state index in [9.17, 15) is 4.79 Å². The van der Waals surface area contributed by atoms with Gasteiger partial charge in [-0.25, -0.2) is 0 Å². The van der Waals surface area contributed by atoms with Crippen LogP contribution >= 0.6 is 27.5 Å². The van der Waals surface area contributed by atoms with Crippen molar-refractivity contribution in [2.75, 3.05) is 5.32 Å². The van der Waals surface area contributed by atoms with Gasteiger partial charge in [-0.3, -0.25) is 4.79 Å². The molecule has 0 spiro atoms. The monoisotopic (exact) mass is 273 g/mol. The summed E-state index contributed by atoms with van der Waals surface area (Å²) in [5.41, 5.74) is 0.682. The fourth-order valence-electron chi connectivity index (χ4n) is 0.909. The minimum Gasteiger partial charge on any atom is -0.322 e. The Balaban J connectivity index is 2.78. The molecule has 0 saturated carbocycles. The normalized spacial score (nSPS) is 10.5. The Kier molecular flexibility index (Phi) is 4.17. The molecular weight excluding hydrogens is 265 g/mol. The molecule has 0 aliphatic rings. The second-order valence-corrected chi connectivity index (χ2v) is 3.88. The van der Waals surface area contributed by atoms with E-state index in [0.29, 0.717) is 10.7 Å². The Morgan fingerprint density at radius 2 is 2.29 bits per heavy atom. The van der Waals surface area contributed by atoms with Crippen molar-refractivity contribution in [3.05, 3.63) is 39.8 Å². The van der Waals surface area contributed by atoms with E-state index in [1.807, 2.05) is 0 Å². The van der Waals surface area contributed by atoms with Crippen molar-refractivity contribution < 1.29 is 4.79 Å². The summed E-state index contributed by atoms with van der Waals surface area (Å²) in [5, 5.41) is 3.25. The number of carbonyl (C=O) groups is 1. The van der Waals surface area contributed by atoms with Crippen LogP contribution in [0.3, 0.4) is 0 Å². The number of benzene rings is 1. The molecule has 0 unspecified atom stereocenters. The van der Waals surface area contributed by atoms with Gasteiger partial charge >= 0.3 is 0 Å². The molecule has 1 N–H and O–H groups in total. The van der Waals surface area contributed by atoms with Gasteiger partial charge in [0.05, 0.1) is 5.02 Å². The highest BCUT2D eigenvalue weighted by Crippen LogP contribution is 2.25. The van der Waals surface area contributed by atoms with Crippen LogP contribution in [0.1, 0.15) is 6.92 Å². The highest BCUT2D eigenvalue weighted by atomic mass is 79.9. The molecule has 0 heterocycles. The highest BCUT2D eigenvalue weighted by Gasteiger charge is 2.00. The third kappa shape index (κ3) is 3.16. The molecular formula is C10H9BrClNO. The Morgan fingerprint density at radius 1 is 1.57 bits per heavy atom. The third-order valence-electron chi connectivity index (χ3n) is 1.51. The Morgan fingerprint density at radius 3 is 2.86 bits per heavy atom. The van der Waals surface area contributed by atoms with Gasteiger partial charge in [0.25, 0.3) is 0 Å². The van der Waals surface area contributed by atoms with Crippen LogP contribution in [-0.2, 0) is 4.79 Å². The number of rotatable bonds is 2. The van der Waals surface area contributed by atoms with Crippen LogP contribution in [0.5, 0.6) is 0 Å². The zero-order valence-corrected chi connectivity index (χ0v) is 9.89. The van der Waals surface area contributed by atoms with Crippen molar-refractivity contribution in [2.24, 2.45) is 0 Å². The average molecular weight is 275 g/mol. The molecule has 0 atom stereocenters. The zero-order chi connectivity index (χ0) is 10.6. The number of hydrogen-bond donors (Lipinski definition) is 1. The first-order valence-electron chi connectivity index (χ1n) is 4.02. The lowest BCUT2D eigenvalue weighted by Gasteiger charge is -2.03. The maximum Gasteiger partial charge on any atom is 0.248 e.